The Hall–Kier alpha value is -0.220. The van der Waals surface area contributed by atoms with Crippen molar-refractivity contribution in [3.8, 4) is 0 Å². The Bertz CT molecular complexity index is 251. The van der Waals surface area contributed by atoms with Crippen LogP contribution in [0, 0.1) is 0 Å². The van der Waals surface area contributed by atoms with Crippen molar-refractivity contribution in [1.29, 1.82) is 0 Å². The van der Waals surface area contributed by atoms with Gasteiger partial charge in [0.2, 0.25) is 0 Å². The SMILES string of the molecule is CSCCC(C)n1cnnc1CCl. The van der Waals surface area contributed by atoms with Gasteiger partial charge in [-0.1, -0.05) is 0 Å². The quantitative estimate of drug-likeness (QED) is 0.713. The Labute approximate surface area is 87.9 Å². The summed E-state index contributed by atoms with van der Waals surface area (Å²) in [5.74, 6) is 2.44. The van der Waals surface area contributed by atoms with Crippen LogP contribution in [0.5, 0.6) is 0 Å². The van der Waals surface area contributed by atoms with Crippen molar-refractivity contribution in [2.75, 3.05) is 12.0 Å². The van der Waals surface area contributed by atoms with Crippen LogP contribution in [0.3, 0.4) is 0 Å². The van der Waals surface area contributed by atoms with Gasteiger partial charge in [0.05, 0.1) is 5.88 Å². The fraction of sp³-hybridized carbons (Fsp3) is 0.750. The van der Waals surface area contributed by atoms with E-state index in [1.165, 1.54) is 0 Å². The first-order valence-electron chi connectivity index (χ1n) is 4.23. The Balaban J connectivity index is 2.59. The molecule has 1 heterocycles. The molecule has 0 amide bonds. The molecular weight excluding hydrogens is 206 g/mol. The fourth-order valence-electron chi connectivity index (χ4n) is 1.16. The third kappa shape index (κ3) is 2.88. The van der Waals surface area contributed by atoms with Gasteiger partial charge in [-0.25, -0.2) is 0 Å². The van der Waals surface area contributed by atoms with Gasteiger partial charge in [-0.05, 0) is 25.4 Å². The lowest BCUT2D eigenvalue weighted by Crippen LogP contribution is -2.08. The van der Waals surface area contributed by atoms with Crippen LogP contribution < -0.4 is 0 Å². The van der Waals surface area contributed by atoms with Gasteiger partial charge in [-0.3, -0.25) is 0 Å². The van der Waals surface area contributed by atoms with Gasteiger partial charge in [-0.15, -0.1) is 21.8 Å². The minimum absolute atomic E-state index is 0.434. The number of hydrogen-bond acceptors (Lipinski definition) is 3. The van der Waals surface area contributed by atoms with Crippen molar-refractivity contribution in [3.05, 3.63) is 12.2 Å². The van der Waals surface area contributed by atoms with Crippen LogP contribution in [-0.2, 0) is 5.88 Å². The van der Waals surface area contributed by atoms with Gasteiger partial charge in [-0.2, -0.15) is 11.8 Å². The van der Waals surface area contributed by atoms with Gasteiger partial charge < -0.3 is 4.57 Å². The molecule has 1 atom stereocenters. The first-order valence-corrected chi connectivity index (χ1v) is 6.15. The maximum atomic E-state index is 5.72. The number of hydrogen-bond donors (Lipinski definition) is 0. The molecule has 5 heteroatoms. The van der Waals surface area contributed by atoms with Crippen LogP contribution in [0.25, 0.3) is 0 Å². The van der Waals surface area contributed by atoms with E-state index in [4.69, 9.17) is 11.6 Å². The van der Waals surface area contributed by atoms with E-state index < -0.39 is 0 Å². The van der Waals surface area contributed by atoms with E-state index in [-0.39, 0.29) is 0 Å². The molecule has 0 bridgehead atoms. The lowest BCUT2D eigenvalue weighted by Gasteiger charge is -2.13. The van der Waals surface area contributed by atoms with E-state index in [0.717, 1.165) is 18.0 Å². The van der Waals surface area contributed by atoms with E-state index in [1.807, 2.05) is 16.3 Å². The fourth-order valence-corrected chi connectivity index (χ4v) is 1.93. The lowest BCUT2D eigenvalue weighted by molar-refractivity contribution is 0.519. The summed E-state index contributed by atoms with van der Waals surface area (Å²) in [5.41, 5.74) is 0. The summed E-state index contributed by atoms with van der Waals surface area (Å²) in [7, 11) is 0. The topological polar surface area (TPSA) is 30.7 Å². The molecule has 0 saturated heterocycles. The van der Waals surface area contributed by atoms with Crippen molar-refractivity contribution >= 4 is 23.4 Å². The minimum atomic E-state index is 0.434. The Kier molecular flexibility index (Phi) is 4.59. The molecule has 1 rings (SSSR count). The molecule has 3 nitrogen and oxygen atoms in total. The normalized spacial score (nSPS) is 13.2. The molecule has 0 aromatic carbocycles. The summed E-state index contributed by atoms with van der Waals surface area (Å²) in [5, 5.41) is 7.78. The van der Waals surface area contributed by atoms with Gasteiger partial charge in [0.25, 0.3) is 0 Å². The first kappa shape index (κ1) is 10.9. The Morgan fingerprint density at radius 3 is 3.08 bits per heavy atom. The molecule has 1 aromatic heterocycles. The molecule has 0 spiro atoms. The molecular formula is C8H14ClN3S. The summed E-state index contributed by atoms with van der Waals surface area (Å²) < 4.78 is 2.04. The largest absolute Gasteiger partial charge is 0.314 e. The molecule has 0 aliphatic carbocycles. The average molecular weight is 220 g/mol. The monoisotopic (exact) mass is 219 g/mol. The van der Waals surface area contributed by atoms with E-state index in [0.29, 0.717) is 11.9 Å². The minimum Gasteiger partial charge on any atom is -0.314 e. The second kappa shape index (κ2) is 5.50. The van der Waals surface area contributed by atoms with Gasteiger partial charge in [0.1, 0.15) is 12.2 Å². The van der Waals surface area contributed by atoms with Crippen LogP contribution >= 0.6 is 23.4 Å². The van der Waals surface area contributed by atoms with Crippen LogP contribution in [0.2, 0.25) is 0 Å². The Morgan fingerprint density at radius 1 is 1.69 bits per heavy atom. The average Bonchev–Trinajstić information content (AvgIpc) is 2.61. The highest BCUT2D eigenvalue weighted by Gasteiger charge is 2.09. The standard InChI is InChI=1S/C8H14ClN3S/c1-7(3-4-13-2)12-6-10-11-8(12)5-9/h6-7H,3-5H2,1-2H3. The predicted molar refractivity (Wildman–Crippen MR) is 57.3 cm³/mol. The third-order valence-corrected chi connectivity index (χ3v) is 2.86. The van der Waals surface area contributed by atoms with Crippen molar-refractivity contribution in [2.24, 2.45) is 0 Å². The second-order valence-electron chi connectivity index (χ2n) is 2.92. The molecule has 0 saturated carbocycles. The van der Waals surface area contributed by atoms with Crippen LogP contribution in [0.1, 0.15) is 25.2 Å². The smallest absolute Gasteiger partial charge is 0.148 e. The molecule has 1 unspecified atom stereocenters. The third-order valence-electron chi connectivity index (χ3n) is 1.98. The van der Waals surface area contributed by atoms with Crippen molar-refractivity contribution < 1.29 is 0 Å². The number of halogens is 1. The van der Waals surface area contributed by atoms with Gasteiger partial charge in [0.15, 0.2) is 0 Å². The van der Waals surface area contributed by atoms with E-state index >= 15 is 0 Å². The van der Waals surface area contributed by atoms with E-state index in [9.17, 15) is 0 Å². The predicted octanol–water partition coefficient (Wildman–Crippen LogP) is 2.33. The first-order chi connectivity index (χ1) is 6.29. The molecule has 1 aromatic rings. The highest BCUT2D eigenvalue weighted by Crippen LogP contribution is 2.15. The van der Waals surface area contributed by atoms with Crippen molar-refractivity contribution in [3.63, 3.8) is 0 Å². The lowest BCUT2D eigenvalue weighted by atomic mass is 10.2. The van der Waals surface area contributed by atoms with Crippen molar-refractivity contribution in [2.45, 2.75) is 25.3 Å². The molecule has 13 heavy (non-hydrogen) atoms. The number of alkyl halides is 1. The molecule has 74 valence electrons. The maximum Gasteiger partial charge on any atom is 0.148 e. The summed E-state index contributed by atoms with van der Waals surface area (Å²) in [6.07, 6.45) is 4.99. The second-order valence-corrected chi connectivity index (χ2v) is 4.17. The highest BCUT2D eigenvalue weighted by atomic mass is 35.5. The zero-order valence-corrected chi connectivity index (χ0v) is 9.48. The van der Waals surface area contributed by atoms with E-state index in [1.54, 1.807) is 6.33 Å². The highest BCUT2D eigenvalue weighted by molar-refractivity contribution is 7.98. The summed E-state index contributed by atoms with van der Waals surface area (Å²) >= 11 is 7.58. The van der Waals surface area contributed by atoms with Crippen LogP contribution in [-0.4, -0.2) is 26.8 Å². The van der Waals surface area contributed by atoms with Gasteiger partial charge in [0, 0.05) is 6.04 Å². The molecule has 0 radical (unpaired) electrons. The molecule has 0 N–H and O–H groups in total. The summed E-state index contributed by atoms with van der Waals surface area (Å²) in [6.45, 7) is 2.16. The van der Waals surface area contributed by atoms with Crippen molar-refractivity contribution in [1.82, 2.24) is 14.8 Å². The summed E-state index contributed by atoms with van der Waals surface area (Å²) in [6, 6.07) is 0.441. The molecule has 0 aliphatic rings. The zero-order valence-electron chi connectivity index (χ0n) is 7.90. The summed E-state index contributed by atoms with van der Waals surface area (Å²) in [4.78, 5) is 0. The van der Waals surface area contributed by atoms with E-state index in [2.05, 4.69) is 23.4 Å². The zero-order chi connectivity index (χ0) is 9.68. The van der Waals surface area contributed by atoms with Crippen LogP contribution in [0.15, 0.2) is 6.33 Å². The van der Waals surface area contributed by atoms with Crippen LogP contribution in [0.4, 0.5) is 0 Å². The molecule has 0 aliphatic heterocycles. The number of rotatable bonds is 5. The maximum absolute atomic E-state index is 5.72. The molecule has 0 fully saturated rings. The number of aromatic nitrogens is 3. The number of thioether (sulfide) groups is 1. The number of nitrogens with zero attached hydrogens (tertiary/aromatic N) is 3. The Morgan fingerprint density at radius 2 is 2.46 bits per heavy atom. The van der Waals surface area contributed by atoms with Gasteiger partial charge >= 0.3 is 0 Å².